The summed E-state index contributed by atoms with van der Waals surface area (Å²) < 4.78 is 10.5. The zero-order valence-electron chi connectivity index (χ0n) is 12.3. The van der Waals surface area contributed by atoms with Gasteiger partial charge in [-0.2, -0.15) is 4.98 Å². The van der Waals surface area contributed by atoms with Crippen molar-refractivity contribution in [2.24, 2.45) is 0 Å². The van der Waals surface area contributed by atoms with Gasteiger partial charge in [-0.05, 0) is 25.8 Å². The average Bonchev–Trinajstić information content (AvgIpc) is 3.15. The van der Waals surface area contributed by atoms with E-state index in [0.29, 0.717) is 23.8 Å². The Morgan fingerprint density at radius 2 is 2.38 bits per heavy atom. The third-order valence-electron chi connectivity index (χ3n) is 3.95. The maximum Gasteiger partial charge on any atom is 0.257 e. The Kier molecular flexibility index (Phi) is 3.77. The summed E-state index contributed by atoms with van der Waals surface area (Å²) in [5.41, 5.74) is 0.635. The molecule has 3 heterocycles. The van der Waals surface area contributed by atoms with Crippen molar-refractivity contribution in [2.75, 3.05) is 13.1 Å². The summed E-state index contributed by atoms with van der Waals surface area (Å²) in [5, 5.41) is 3.94. The highest BCUT2D eigenvalue weighted by atomic mass is 16.5. The predicted molar refractivity (Wildman–Crippen MR) is 75.0 cm³/mol. The van der Waals surface area contributed by atoms with Gasteiger partial charge in [0, 0.05) is 19.5 Å². The van der Waals surface area contributed by atoms with Crippen LogP contribution >= 0.6 is 0 Å². The van der Waals surface area contributed by atoms with Crippen LogP contribution in [-0.2, 0) is 6.42 Å². The quantitative estimate of drug-likeness (QED) is 0.868. The Hall–Kier alpha value is -2.11. The molecule has 0 aliphatic carbocycles. The number of amides is 1. The van der Waals surface area contributed by atoms with Crippen LogP contribution in [0.15, 0.2) is 21.3 Å². The van der Waals surface area contributed by atoms with Crippen LogP contribution in [0.3, 0.4) is 0 Å². The van der Waals surface area contributed by atoms with Gasteiger partial charge in [0.05, 0.1) is 17.7 Å². The molecule has 1 atom stereocenters. The largest absolute Gasteiger partial charge is 0.469 e. The van der Waals surface area contributed by atoms with Crippen molar-refractivity contribution in [3.63, 3.8) is 0 Å². The SMILES string of the molecule is CCc1noc(C2CCCN(C(=O)c3ccoc3C)C2)n1. The number of aromatic nitrogens is 2. The van der Waals surface area contributed by atoms with E-state index in [-0.39, 0.29) is 11.8 Å². The zero-order valence-corrected chi connectivity index (χ0v) is 12.3. The fraction of sp³-hybridized carbons (Fsp3) is 0.533. The first-order valence-corrected chi connectivity index (χ1v) is 7.35. The molecule has 1 unspecified atom stereocenters. The lowest BCUT2D eigenvalue weighted by atomic mass is 9.97. The Balaban J connectivity index is 1.74. The molecule has 6 nitrogen and oxygen atoms in total. The summed E-state index contributed by atoms with van der Waals surface area (Å²) >= 11 is 0. The fourth-order valence-corrected chi connectivity index (χ4v) is 2.72. The molecule has 2 aromatic rings. The second kappa shape index (κ2) is 5.71. The highest BCUT2D eigenvalue weighted by Gasteiger charge is 2.29. The van der Waals surface area contributed by atoms with Crippen LogP contribution in [0.5, 0.6) is 0 Å². The molecule has 1 aliphatic heterocycles. The lowest BCUT2D eigenvalue weighted by molar-refractivity contribution is 0.0694. The molecule has 1 amide bonds. The third kappa shape index (κ3) is 2.70. The molecule has 1 fully saturated rings. The molecule has 0 radical (unpaired) electrons. The monoisotopic (exact) mass is 289 g/mol. The lowest BCUT2D eigenvalue weighted by Gasteiger charge is -2.30. The maximum atomic E-state index is 12.5. The lowest BCUT2D eigenvalue weighted by Crippen LogP contribution is -2.39. The maximum absolute atomic E-state index is 12.5. The topological polar surface area (TPSA) is 72.4 Å². The molecule has 3 rings (SSSR count). The molecular formula is C15H19N3O3. The molecule has 0 spiro atoms. The van der Waals surface area contributed by atoms with Gasteiger partial charge >= 0.3 is 0 Å². The number of hydrogen-bond donors (Lipinski definition) is 0. The van der Waals surface area contributed by atoms with E-state index in [0.717, 1.165) is 31.6 Å². The fourth-order valence-electron chi connectivity index (χ4n) is 2.72. The molecule has 1 saturated heterocycles. The van der Waals surface area contributed by atoms with Crippen LogP contribution < -0.4 is 0 Å². The van der Waals surface area contributed by atoms with Crippen LogP contribution in [0.1, 0.15) is 53.5 Å². The van der Waals surface area contributed by atoms with Crippen molar-refractivity contribution < 1.29 is 13.7 Å². The number of likely N-dealkylation sites (tertiary alicyclic amines) is 1. The van der Waals surface area contributed by atoms with E-state index < -0.39 is 0 Å². The number of carbonyl (C=O) groups is 1. The van der Waals surface area contributed by atoms with Crippen molar-refractivity contribution in [3.8, 4) is 0 Å². The minimum atomic E-state index is 0.0150. The van der Waals surface area contributed by atoms with Crippen LogP contribution in [0.4, 0.5) is 0 Å². The highest BCUT2D eigenvalue weighted by molar-refractivity contribution is 5.95. The van der Waals surface area contributed by atoms with Gasteiger partial charge in [0.15, 0.2) is 5.82 Å². The summed E-state index contributed by atoms with van der Waals surface area (Å²) in [7, 11) is 0. The highest BCUT2D eigenvalue weighted by Crippen LogP contribution is 2.27. The minimum absolute atomic E-state index is 0.0150. The minimum Gasteiger partial charge on any atom is -0.469 e. The summed E-state index contributed by atoms with van der Waals surface area (Å²) in [6.45, 7) is 5.18. The Labute approximate surface area is 123 Å². The Morgan fingerprint density at radius 1 is 1.52 bits per heavy atom. The van der Waals surface area contributed by atoms with Gasteiger partial charge in [-0.3, -0.25) is 4.79 Å². The summed E-state index contributed by atoms with van der Waals surface area (Å²) in [5.74, 6) is 2.17. The van der Waals surface area contributed by atoms with E-state index in [4.69, 9.17) is 8.94 Å². The van der Waals surface area contributed by atoms with Crippen molar-refractivity contribution in [1.29, 1.82) is 0 Å². The predicted octanol–water partition coefficient (Wildman–Crippen LogP) is 2.55. The second-order valence-electron chi connectivity index (χ2n) is 5.38. The molecule has 0 saturated carbocycles. The van der Waals surface area contributed by atoms with Crippen molar-refractivity contribution >= 4 is 5.91 Å². The normalized spacial score (nSPS) is 19.0. The van der Waals surface area contributed by atoms with Crippen LogP contribution in [0, 0.1) is 6.92 Å². The number of furan rings is 1. The van der Waals surface area contributed by atoms with Crippen LogP contribution in [-0.4, -0.2) is 34.0 Å². The molecular weight excluding hydrogens is 270 g/mol. The standard InChI is InChI=1S/C15H19N3O3/c1-3-13-16-14(21-17-13)11-5-4-7-18(9-11)15(19)12-6-8-20-10(12)2/h6,8,11H,3-5,7,9H2,1-2H3. The van der Waals surface area contributed by atoms with Gasteiger partial charge < -0.3 is 13.8 Å². The molecule has 0 N–H and O–H groups in total. The molecule has 2 aromatic heterocycles. The van der Waals surface area contributed by atoms with Gasteiger partial charge in [0.2, 0.25) is 5.89 Å². The number of piperidine rings is 1. The average molecular weight is 289 g/mol. The molecule has 112 valence electrons. The number of rotatable bonds is 3. The van der Waals surface area contributed by atoms with E-state index in [1.165, 1.54) is 0 Å². The smallest absolute Gasteiger partial charge is 0.257 e. The van der Waals surface area contributed by atoms with Gasteiger partial charge in [-0.1, -0.05) is 12.1 Å². The first-order valence-electron chi connectivity index (χ1n) is 7.35. The van der Waals surface area contributed by atoms with E-state index in [1.807, 2.05) is 11.8 Å². The molecule has 21 heavy (non-hydrogen) atoms. The van der Waals surface area contributed by atoms with Crippen LogP contribution in [0.2, 0.25) is 0 Å². The van der Waals surface area contributed by atoms with Crippen molar-refractivity contribution in [1.82, 2.24) is 15.0 Å². The molecule has 6 heteroatoms. The van der Waals surface area contributed by atoms with Gasteiger partial charge in [0.1, 0.15) is 5.76 Å². The third-order valence-corrected chi connectivity index (χ3v) is 3.95. The van der Waals surface area contributed by atoms with E-state index >= 15 is 0 Å². The second-order valence-corrected chi connectivity index (χ2v) is 5.38. The number of hydrogen-bond acceptors (Lipinski definition) is 5. The van der Waals surface area contributed by atoms with Crippen molar-refractivity contribution in [2.45, 2.75) is 39.0 Å². The number of carbonyl (C=O) groups excluding carboxylic acids is 1. The zero-order chi connectivity index (χ0) is 14.8. The van der Waals surface area contributed by atoms with Crippen LogP contribution in [0.25, 0.3) is 0 Å². The van der Waals surface area contributed by atoms with Gasteiger partial charge in [-0.15, -0.1) is 0 Å². The molecule has 0 bridgehead atoms. The van der Waals surface area contributed by atoms with E-state index in [9.17, 15) is 4.79 Å². The number of nitrogens with zero attached hydrogens (tertiary/aromatic N) is 3. The first kappa shape index (κ1) is 13.9. The summed E-state index contributed by atoms with van der Waals surface area (Å²) in [6, 6.07) is 1.73. The van der Waals surface area contributed by atoms with E-state index in [2.05, 4.69) is 10.1 Å². The molecule has 1 aliphatic rings. The number of aryl methyl sites for hydroxylation is 2. The molecule has 0 aromatic carbocycles. The van der Waals surface area contributed by atoms with E-state index in [1.54, 1.807) is 19.3 Å². The van der Waals surface area contributed by atoms with Gasteiger partial charge in [-0.25, -0.2) is 0 Å². The first-order chi connectivity index (χ1) is 10.2. The Morgan fingerprint density at radius 3 is 3.05 bits per heavy atom. The summed E-state index contributed by atoms with van der Waals surface area (Å²) in [6.07, 6.45) is 4.22. The summed E-state index contributed by atoms with van der Waals surface area (Å²) in [4.78, 5) is 18.8. The Bertz CT molecular complexity index is 632. The van der Waals surface area contributed by atoms with Crippen molar-refractivity contribution in [3.05, 3.63) is 35.4 Å². The van der Waals surface area contributed by atoms with Gasteiger partial charge in [0.25, 0.3) is 5.91 Å².